The standard InChI is InChI=1S/C25H25ClFN5O.2C23H21ClFN5O.C22H21ClFN5O/c26-19-8-11-23(30-16-19)31-25(33)21-14-20(27)9-10-22(21)29-15-17-4-6-18(7-5-17)24(28)32-12-2-1-3-13-32;1-30-11-10-26-22(30)16-4-2-15(3-5-16)13-27-20-8-7-18(25)12-19(20)23(31)29-21-9-6-17(24)14-28-21;24-17-6-9-21(28-14-17)29-23(31)19-12-18(25)7-8-20(19)27-13-15-2-4-16(5-3-15)22(26)30-10-1-11-30;1-29(2)21(25)15-5-3-14(4-6-15)12-26-19-9-8-17(24)11-18(19)22(30)28-20-10-7-16(23)13-27-20/h4-11,14,16,28-29H,1-3,12-13,15H2,(H,30,31,33);2-9,12,14,27H,10-11,13H2,1H3,(H,28,29,31);2-9,12,14,26-27H,1,10-11,13H2,(H,28,29,31);3-11,13,25-26H,12H2,1-2H3,(H,27,28,30). The molecule has 7 heterocycles. The number of carbonyl (C=O) groups excluding carboxylic acids is 4. The first kappa shape index (κ1) is 90.4. The Morgan fingerprint density at radius 1 is 0.368 bits per heavy atom. The quantitative estimate of drug-likeness (QED) is 0.0152. The third-order valence-electron chi connectivity index (χ3n) is 20.0. The summed E-state index contributed by atoms with van der Waals surface area (Å²) in [5.74, 6) is -0.105. The number of nitrogens with one attached hydrogen (secondary N) is 11. The van der Waals surface area contributed by atoms with Crippen molar-refractivity contribution in [3.05, 3.63) is 353 Å². The monoisotopic (exact) mass is 1760 g/mol. The second-order valence-electron chi connectivity index (χ2n) is 29.2. The van der Waals surface area contributed by atoms with Crippen LogP contribution < -0.4 is 42.5 Å². The van der Waals surface area contributed by atoms with Gasteiger partial charge in [-0.15, -0.1) is 0 Å². The molecule has 0 saturated carbocycles. The van der Waals surface area contributed by atoms with Crippen LogP contribution in [-0.2, 0) is 26.2 Å². The molecule has 0 bridgehead atoms. The van der Waals surface area contributed by atoms with E-state index >= 15 is 0 Å². The highest BCUT2D eigenvalue weighted by Gasteiger charge is 2.23. The van der Waals surface area contributed by atoms with Gasteiger partial charge in [-0.1, -0.05) is 143 Å². The fraction of sp³-hybridized carbons (Fsp3) is 0.183. The van der Waals surface area contributed by atoms with Crippen LogP contribution in [0, 0.1) is 39.5 Å². The molecule has 8 aromatic carbocycles. The van der Waals surface area contributed by atoms with Gasteiger partial charge in [0.15, 0.2) is 0 Å². The molecule has 0 spiro atoms. The number of piperidine rings is 1. The lowest BCUT2D eigenvalue weighted by atomic mass is 10.1. The molecular formula is C93H88Cl4F4N20O4. The second kappa shape index (κ2) is 43.8. The van der Waals surface area contributed by atoms with E-state index in [9.17, 15) is 36.7 Å². The molecule has 2 saturated heterocycles. The van der Waals surface area contributed by atoms with Crippen molar-refractivity contribution in [1.82, 2.24) is 39.5 Å². The molecule has 640 valence electrons. The summed E-state index contributed by atoms with van der Waals surface area (Å²) in [5.41, 5.74) is 10.3. The van der Waals surface area contributed by atoms with Gasteiger partial charge in [0, 0.05) is 150 Å². The van der Waals surface area contributed by atoms with E-state index in [0.717, 1.165) is 109 Å². The summed E-state index contributed by atoms with van der Waals surface area (Å²) in [4.78, 5) is 79.5. The smallest absolute Gasteiger partial charge is 0.259 e. The normalized spacial score (nSPS) is 12.5. The molecule has 4 aromatic heterocycles. The predicted molar refractivity (Wildman–Crippen MR) is 489 cm³/mol. The zero-order valence-corrected chi connectivity index (χ0v) is 71.2. The molecule has 15 rings (SSSR count). The number of hydrogen-bond donors (Lipinski definition) is 11. The number of likely N-dealkylation sites (tertiary alicyclic amines) is 2. The third-order valence-corrected chi connectivity index (χ3v) is 20.9. The first-order valence-corrected chi connectivity index (χ1v) is 41.2. The van der Waals surface area contributed by atoms with Crippen molar-refractivity contribution in [3.63, 3.8) is 0 Å². The fourth-order valence-electron chi connectivity index (χ4n) is 13.0. The van der Waals surface area contributed by atoms with Crippen molar-refractivity contribution < 1.29 is 36.7 Å². The summed E-state index contributed by atoms with van der Waals surface area (Å²) in [7, 11) is 5.67. The van der Waals surface area contributed by atoms with E-state index < -0.39 is 46.9 Å². The van der Waals surface area contributed by atoms with Gasteiger partial charge in [-0.25, -0.2) is 37.5 Å². The molecule has 11 N–H and O–H groups in total. The topological polar surface area (TPSA) is 313 Å². The molecule has 3 aliphatic heterocycles. The Bertz CT molecular complexity index is 5820. The molecule has 4 amide bonds. The molecule has 2 fully saturated rings. The van der Waals surface area contributed by atoms with Gasteiger partial charge in [-0.2, -0.15) is 0 Å². The van der Waals surface area contributed by atoms with Crippen LogP contribution in [-0.4, -0.2) is 147 Å². The highest BCUT2D eigenvalue weighted by atomic mass is 35.5. The molecule has 12 aromatic rings. The molecule has 0 atom stereocenters. The number of aromatic nitrogens is 4. The van der Waals surface area contributed by atoms with Crippen molar-refractivity contribution >= 4 is 139 Å². The molecule has 0 radical (unpaired) electrons. The van der Waals surface area contributed by atoms with Gasteiger partial charge in [-0.3, -0.25) is 40.4 Å². The minimum Gasteiger partial charge on any atom is -0.380 e. The summed E-state index contributed by atoms with van der Waals surface area (Å²) in [6, 6.07) is 60.0. The largest absolute Gasteiger partial charge is 0.380 e. The molecular weight excluding hydrogens is 1680 g/mol. The Balaban J connectivity index is 0.000000152. The van der Waals surface area contributed by atoms with Gasteiger partial charge in [0.1, 0.15) is 69.9 Å². The summed E-state index contributed by atoms with van der Waals surface area (Å²) in [6.45, 7) is 7.29. The molecule has 0 aliphatic carbocycles. The number of pyridine rings is 4. The van der Waals surface area contributed by atoms with E-state index in [-0.39, 0.29) is 22.3 Å². The average Bonchev–Trinajstić information content (AvgIpc) is 1.33. The summed E-state index contributed by atoms with van der Waals surface area (Å²) in [6.07, 6.45) is 10.3. The second-order valence-corrected chi connectivity index (χ2v) is 30.9. The summed E-state index contributed by atoms with van der Waals surface area (Å²) in [5, 5.41) is 49.9. The minimum atomic E-state index is -0.513. The van der Waals surface area contributed by atoms with Crippen LogP contribution in [0.15, 0.2) is 248 Å². The van der Waals surface area contributed by atoms with Gasteiger partial charge in [0.25, 0.3) is 23.6 Å². The Labute approximate surface area is 740 Å². The van der Waals surface area contributed by atoms with E-state index in [2.05, 4.69) is 77.3 Å². The molecule has 125 heavy (non-hydrogen) atoms. The van der Waals surface area contributed by atoms with E-state index in [0.29, 0.717) is 110 Å². The number of likely N-dealkylation sites (N-methyl/N-ethyl adjacent to an activating group) is 1. The lowest BCUT2D eigenvalue weighted by Gasteiger charge is -2.33. The summed E-state index contributed by atoms with van der Waals surface area (Å²) >= 11 is 23.3. The van der Waals surface area contributed by atoms with Gasteiger partial charge in [0.2, 0.25) is 0 Å². The Kier molecular flexibility index (Phi) is 31.7. The predicted octanol–water partition coefficient (Wildman–Crippen LogP) is 19.4. The van der Waals surface area contributed by atoms with E-state index in [1.165, 1.54) is 91.9 Å². The lowest BCUT2D eigenvalue weighted by molar-refractivity contribution is 0.101. The van der Waals surface area contributed by atoms with Crippen molar-refractivity contribution in [3.8, 4) is 0 Å². The molecule has 24 nitrogen and oxygen atoms in total. The number of nitrogens with zero attached hydrogens (tertiary/aromatic N) is 9. The van der Waals surface area contributed by atoms with E-state index in [1.54, 1.807) is 65.6 Å². The van der Waals surface area contributed by atoms with Crippen LogP contribution in [0.1, 0.15) is 112 Å². The highest BCUT2D eigenvalue weighted by Crippen LogP contribution is 2.28. The number of hydrogen-bond acceptors (Lipinski definition) is 17. The minimum absolute atomic E-state index is 0.165. The average molecular weight is 1770 g/mol. The van der Waals surface area contributed by atoms with Crippen LogP contribution in [0.2, 0.25) is 20.1 Å². The number of halogens is 8. The van der Waals surface area contributed by atoms with Crippen LogP contribution in [0.5, 0.6) is 0 Å². The SMILES string of the molecule is CN(C)C(=N)c1ccc(CNc2ccc(F)cc2C(=O)Nc2ccc(Cl)cn2)cc1.CN1CCN=C1c1ccc(CNc2ccc(F)cc2C(=O)Nc2ccc(Cl)cn2)cc1.N=C(c1ccc(CNc2ccc(F)cc2C(=O)Nc2ccc(Cl)cn2)cc1)N1CCC1.N=C(c1ccc(CNc2ccc(F)cc2C(=O)Nc2ccc(Cl)cn2)cc1)N1CCCCC1. The van der Waals surface area contributed by atoms with E-state index in [1.807, 2.05) is 123 Å². The maximum Gasteiger partial charge on any atom is 0.259 e. The number of aliphatic imine (C=N–C) groups is 1. The third kappa shape index (κ3) is 26.1. The van der Waals surface area contributed by atoms with Gasteiger partial charge >= 0.3 is 0 Å². The molecule has 0 unspecified atom stereocenters. The maximum atomic E-state index is 13.9. The van der Waals surface area contributed by atoms with Crippen molar-refractivity contribution in [1.29, 1.82) is 16.2 Å². The first-order chi connectivity index (χ1) is 60.3. The van der Waals surface area contributed by atoms with Gasteiger partial charge in [-0.05, 0) is 169 Å². The number of amides is 4. The number of benzene rings is 8. The lowest BCUT2D eigenvalue weighted by Crippen LogP contribution is -2.42. The first-order valence-electron chi connectivity index (χ1n) is 39.7. The number of rotatable bonds is 24. The number of carbonyl (C=O) groups is 4. The summed E-state index contributed by atoms with van der Waals surface area (Å²) < 4.78 is 55.3. The van der Waals surface area contributed by atoms with E-state index in [4.69, 9.17) is 62.6 Å². The van der Waals surface area contributed by atoms with Crippen LogP contribution in [0.25, 0.3) is 0 Å². The number of amidine groups is 4. The zero-order valence-electron chi connectivity index (χ0n) is 68.2. The molecule has 3 aliphatic rings. The van der Waals surface area contributed by atoms with Crippen molar-refractivity contribution in [2.75, 3.05) is 103 Å². The van der Waals surface area contributed by atoms with Crippen molar-refractivity contribution in [2.45, 2.75) is 51.9 Å². The van der Waals surface area contributed by atoms with Gasteiger partial charge < -0.3 is 62.1 Å². The Morgan fingerprint density at radius 2 is 0.656 bits per heavy atom. The fourth-order valence-corrected chi connectivity index (χ4v) is 13.4. The van der Waals surface area contributed by atoms with Gasteiger partial charge in [0.05, 0.1) is 48.9 Å². The zero-order chi connectivity index (χ0) is 88.5. The van der Waals surface area contributed by atoms with Crippen LogP contribution in [0.4, 0.5) is 63.6 Å². The van der Waals surface area contributed by atoms with Crippen LogP contribution >= 0.6 is 46.4 Å². The Hall–Kier alpha value is -13.8. The maximum absolute atomic E-state index is 13.9. The molecule has 32 heteroatoms. The number of anilines is 8. The highest BCUT2D eigenvalue weighted by molar-refractivity contribution is 6.31. The van der Waals surface area contributed by atoms with Crippen LogP contribution in [0.3, 0.4) is 0 Å². The Morgan fingerprint density at radius 3 is 0.912 bits per heavy atom. The van der Waals surface area contributed by atoms with Crippen molar-refractivity contribution in [2.24, 2.45) is 4.99 Å².